The van der Waals surface area contributed by atoms with Crippen LogP contribution in [-0.2, 0) is 11.3 Å². The molecule has 142 valence electrons. The van der Waals surface area contributed by atoms with E-state index in [0.717, 1.165) is 55.8 Å². The summed E-state index contributed by atoms with van der Waals surface area (Å²) in [5.74, 6) is 0. The third kappa shape index (κ3) is 5.07. The highest BCUT2D eigenvalue weighted by molar-refractivity contribution is 6.30. The Balaban J connectivity index is 1.45. The zero-order valence-electron chi connectivity index (χ0n) is 15.8. The molecular formula is C20H29ClN4O. The maximum atomic E-state index is 5.99. The number of morpholine rings is 1. The van der Waals surface area contributed by atoms with Gasteiger partial charge in [0, 0.05) is 35.9 Å². The van der Waals surface area contributed by atoms with Gasteiger partial charge in [0.2, 0.25) is 0 Å². The number of hydrogen-bond donors (Lipinski definition) is 1. The fourth-order valence-corrected chi connectivity index (χ4v) is 3.51. The lowest BCUT2D eigenvalue weighted by molar-refractivity contribution is 0.0372. The van der Waals surface area contributed by atoms with E-state index in [9.17, 15) is 0 Å². The van der Waals surface area contributed by atoms with Gasteiger partial charge in [0.15, 0.2) is 0 Å². The third-order valence-corrected chi connectivity index (χ3v) is 5.25. The van der Waals surface area contributed by atoms with Crippen LogP contribution in [0.15, 0.2) is 24.3 Å². The number of aryl methyl sites for hydroxylation is 1. The minimum Gasteiger partial charge on any atom is -0.379 e. The van der Waals surface area contributed by atoms with E-state index in [1.54, 1.807) is 0 Å². The Labute approximate surface area is 161 Å². The van der Waals surface area contributed by atoms with Crippen LogP contribution in [0.4, 0.5) is 0 Å². The van der Waals surface area contributed by atoms with Gasteiger partial charge in [0.05, 0.1) is 24.6 Å². The van der Waals surface area contributed by atoms with Crippen LogP contribution in [-0.4, -0.2) is 54.1 Å². The highest BCUT2D eigenvalue weighted by Gasteiger charge is 2.13. The van der Waals surface area contributed by atoms with Crippen molar-refractivity contribution in [3.8, 4) is 5.69 Å². The number of aromatic nitrogens is 2. The summed E-state index contributed by atoms with van der Waals surface area (Å²) in [6.45, 7) is 11.2. The summed E-state index contributed by atoms with van der Waals surface area (Å²) in [7, 11) is 0. The molecule has 1 aliphatic rings. The number of unbranched alkanes of at least 4 members (excludes halogenated alkanes) is 1. The van der Waals surface area contributed by atoms with Gasteiger partial charge in [-0.2, -0.15) is 5.10 Å². The Kier molecular flexibility index (Phi) is 7.08. The predicted molar refractivity (Wildman–Crippen MR) is 106 cm³/mol. The number of halogens is 1. The second kappa shape index (κ2) is 9.51. The van der Waals surface area contributed by atoms with Gasteiger partial charge in [0.25, 0.3) is 0 Å². The molecule has 2 aromatic rings. The molecule has 0 atom stereocenters. The monoisotopic (exact) mass is 376 g/mol. The Morgan fingerprint density at radius 3 is 2.58 bits per heavy atom. The summed E-state index contributed by atoms with van der Waals surface area (Å²) < 4.78 is 7.39. The molecule has 0 spiro atoms. The maximum absolute atomic E-state index is 5.99. The Morgan fingerprint density at radius 1 is 1.12 bits per heavy atom. The van der Waals surface area contributed by atoms with Crippen LogP contribution in [0.5, 0.6) is 0 Å². The fraction of sp³-hybridized carbons (Fsp3) is 0.550. The van der Waals surface area contributed by atoms with Crippen LogP contribution in [0, 0.1) is 13.8 Å². The van der Waals surface area contributed by atoms with Crippen LogP contribution in [0.2, 0.25) is 5.02 Å². The van der Waals surface area contributed by atoms with Crippen LogP contribution in [0.25, 0.3) is 5.69 Å². The molecule has 2 heterocycles. The topological polar surface area (TPSA) is 42.3 Å². The van der Waals surface area contributed by atoms with Gasteiger partial charge >= 0.3 is 0 Å². The number of ether oxygens (including phenoxy) is 1. The van der Waals surface area contributed by atoms with Crippen LogP contribution >= 0.6 is 11.6 Å². The molecular weight excluding hydrogens is 348 g/mol. The number of hydrogen-bond acceptors (Lipinski definition) is 4. The first-order chi connectivity index (χ1) is 12.6. The fourth-order valence-electron chi connectivity index (χ4n) is 3.39. The molecule has 1 aliphatic heterocycles. The van der Waals surface area contributed by atoms with Gasteiger partial charge < -0.3 is 10.1 Å². The zero-order chi connectivity index (χ0) is 18.4. The summed E-state index contributed by atoms with van der Waals surface area (Å²) in [6.07, 6.45) is 2.43. The van der Waals surface area contributed by atoms with Crippen LogP contribution in [0.3, 0.4) is 0 Å². The molecule has 0 aliphatic carbocycles. The van der Waals surface area contributed by atoms with Gasteiger partial charge in [-0.15, -0.1) is 0 Å². The lowest BCUT2D eigenvalue weighted by atomic mass is 10.2. The Bertz CT molecular complexity index is 693. The molecule has 3 rings (SSSR count). The van der Waals surface area contributed by atoms with Crippen molar-refractivity contribution < 1.29 is 4.74 Å². The number of benzene rings is 1. The lowest BCUT2D eigenvalue weighted by Crippen LogP contribution is -2.37. The Hall–Kier alpha value is -1.40. The normalized spacial score (nSPS) is 15.5. The quantitative estimate of drug-likeness (QED) is 0.717. The minimum absolute atomic E-state index is 0.745. The van der Waals surface area contributed by atoms with Crippen molar-refractivity contribution in [2.75, 3.05) is 39.4 Å². The van der Waals surface area contributed by atoms with Crippen molar-refractivity contribution >= 4 is 11.6 Å². The summed E-state index contributed by atoms with van der Waals surface area (Å²) >= 11 is 5.99. The minimum atomic E-state index is 0.745. The van der Waals surface area contributed by atoms with Crippen molar-refractivity contribution in [3.63, 3.8) is 0 Å². The largest absolute Gasteiger partial charge is 0.379 e. The molecule has 1 fully saturated rings. The molecule has 0 unspecified atom stereocenters. The van der Waals surface area contributed by atoms with Crippen molar-refractivity contribution in [2.24, 2.45) is 0 Å². The van der Waals surface area contributed by atoms with E-state index in [0.29, 0.717) is 0 Å². The first kappa shape index (κ1) is 19.4. The molecule has 1 N–H and O–H groups in total. The molecule has 1 aromatic carbocycles. The highest BCUT2D eigenvalue weighted by atomic mass is 35.5. The molecule has 5 nitrogen and oxygen atoms in total. The summed E-state index contributed by atoms with van der Waals surface area (Å²) in [5.41, 5.74) is 4.60. The number of rotatable bonds is 8. The molecule has 0 bridgehead atoms. The van der Waals surface area contributed by atoms with Crippen LogP contribution < -0.4 is 5.32 Å². The van der Waals surface area contributed by atoms with E-state index in [2.05, 4.69) is 24.1 Å². The van der Waals surface area contributed by atoms with Crippen molar-refractivity contribution in [3.05, 3.63) is 46.2 Å². The van der Waals surface area contributed by atoms with E-state index in [4.69, 9.17) is 21.4 Å². The number of nitrogens with zero attached hydrogens (tertiary/aromatic N) is 3. The van der Waals surface area contributed by atoms with Gasteiger partial charge in [-0.05, 0) is 64.0 Å². The average Bonchev–Trinajstić information content (AvgIpc) is 2.94. The lowest BCUT2D eigenvalue weighted by Gasteiger charge is -2.26. The average molecular weight is 377 g/mol. The zero-order valence-corrected chi connectivity index (χ0v) is 16.6. The second-order valence-corrected chi connectivity index (χ2v) is 7.31. The summed E-state index contributed by atoms with van der Waals surface area (Å²) in [6, 6.07) is 7.81. The van der Waals surface area contributed by atoms with Gasteiger partial charge in [-0.25, -0.2) is 4.68 Å². The van der Waals surface area contributed by atoms with E-state index >= 15 is 0 Å². The van der Waals surface area contributed by atoms with Crippen LogP contribution in [0.1, 0.15) is 29.8 Å². The van der Waals surface area contributed by atoms with Gasteiger partial charge in [0.1, 0.15) is 0 Å². The van der Waals surface area contributed by atoms with Gasteiger partial charge in [-0.3, -0.25) is 4.90 Å². The van der Waals surface area contributed by atoms with E-state index < -0.39 is 0 Å². The van der Waals surface area contributed by atoms with Crippen molar-refractivity contribution in [1.82, 2.24) is 20.0 Å². The summed E-state index contributed by atoms with van der Waals surface area (Å²) in [4.78, 5) is 2.49. The van der Waals surface area contributed by atoms with E-state index in [-0.39, 0.29) is 0 Å². The standard InChI is InChI=1S/C20H29ClN4O/c1-16-20(15-22-9-3-4-10-24-11-13-26-14-12-24)17(2)25(23-16)19-7-5-18(21)6-8-19/h5-8,22H,3-4,9-15H2,1-2H3. The Morgan fingerprint density at radius 2 is 1.85 bits per heavy atom. The molecule has 26 heavy (non-hydrogen) atoms. The number of nitrogens with one attached hydrogen (secondary N) is 1. The molecule has 6 heteroatoms. The van der Waals surface area contributed by atoms with Crippen molar-refractivity contribution in [2.45, 2.75) is 33.2 Å². The maximum Gasteiger partial charge on any atom is 0.0649 e. The molecule has 1 aromatic heterocycles. The van der Waals surface area contributed by atoms with E-state index in [1.165, 1.54) is 30.6 Å². The molecule has 0 saturated carbocycles. The van der Waals surface area contributed by atoms with E-state index in [1.807, 2.05) is 28.9 Å². The smallest absolute Gasteiger partial charge is 0.0649 e. The predicted octanol–water partition coefficient (Wildman–Crippen LogP) is 3.34. The van der Waals surface area contributed by atoms with Crippen molar-refractivity contribution in [1.29, 1.82) is 0 Å². The second-order valence-electron chi connectivity index (χ2n) is 6.88. The molecule has 0 radical (unpaired) electrons. The third-order valence-electron chi connectivity index (χ3n) is 5.00. The molecule has 1 saturated heterocycles. The molecule has 0 amide bonds. The summed E-state index contributed by atoms with van der Waals surface area (Å²) in [5, 5.41) is 9.02. The highest BCUT2D eigenvalue weighted by Crippen LogP contribution is 2.19. The first-order valence-corrected chi connectivity index (χ1v) is 9.85. The SMILES string of the molecule is Cc1nn(-c2ccc(Cl)cc2)c(C)c1CNCCCCN1CCOCC1. The first-order valence-electron chi connectivity index (χ1n) is 9.47. The van der Waals surface area contributed by atoms with Gasteiger partial charge in [-0.1, -0.05) is 11.6 Å².